The number of nitrogens with one attached hydrogen (secondary N) is 1. The van der Waals surface area contributed by atoms with Crippen LogP contribution < -0.4 is 10.2 Å². The molecule has 0 unspecified atom stereocenters. The van der Waals surface area contributed by atoms with Gasteiger partial charge in [0.2, 0.25) is 5.95 Å². The van der Waals surface area contributed by atoms with E-state index in [1.165, 1.54) is 18.2 Å². The van der Waals surface area contributed by atoms with Crippen molar-refractivity contribution in [2.45, 2.75) is 6.54 Å². The largest absolute Gasteiger partial charge is 0.331 e. The lowest BCUT2D eigenvalue weighted by Gasteiger charge is -2.18. The molecule has 0 aliphatic carbocycles. The molecule has 0 amide bonds. The number of benzene rings is 2. The molecule has 0 fully saturated rings. The number of rotatable bonds is 2. The molecule has 0 atom stereocenters. The number of nitrogens with zero attached hydrogens (tertiary/aromatic N) is 4. The molecule has 1 aliphatic rings. The minimum Gasteiger partial charge on any atom is -0.331 e. The summed E-state index contributed by atoms with van der Waals surface area (Å²) in [6, 6.07) is 12.1. The number of hydrogen-bond donors (Lipinski definition) is 1. The van der Waals surface area contributed by atoms with E-state index in [0.29, 0.717) is 22.4 Å². The summed E-state index contributed by atoms with van der Waals surface area (Å²) in [6.45, 7) is 1.44. The Balaban J connectivity index is 1.64. The minimum absolute atomic E-state index is 0.0524. The van der Waals surface area contributed by atoms with E-state index >= 15 is 0 Å². The molecule has 0 bridgehead atoms. The molecule has 0 saturated heterocycles. The Hall–Kier alpha value is -2.71. The fourth-order valence-electron chi connectivity index (χ4n) is 2.89. The quantitative estimate of drug-likeness (QED) is 0.418. The number of hydrogen-bond acceptors (Lipinski definition) is 4. The summed E-state index contributed by atoms with van der Waals surface area (Å²) in [4.78, 5) is 17.0. The first-order valence-electron chi connectivity index (χ1n) is 7.52. The average molecular weight is 374 g/mol. The Bertz CT molecular complexity index is 1020. The van der Waals surface area contributed by atoms with Crippen LogP contribution in [0.15, 0.2) is 42.5 Å². The van der Waals surface area contributed by atoms with E-state index < -0.39 is 4.92 Å². The molecule has 1 aromatic heterocycles. The first-order valence-corrected chi connectivity index (χ1v) is 8.31. The van der Waals surface area contributed by atoms with Crippen molar-refractivity contribution in [3.8, 4) is 0 Å². The predicted molar refractivity (Wildman–Crippen MR) is 101 cm³/mol. The lowest BCUT2D eigenvalue weighted by molar-refractivity contribution is -0.384. The molecule has 1 aliphatic heterocycles. The number of non-ortho nitro benzene ring substituents is 1. The van der Waals surface area contributed by atoms with Gasteiger partial charge in [0.05, 0.1) is 26.7 Å². The van der Waals surface area contributed by atoms with Crippen LogP contribution in [0.1, 0.15) is 0 Å². The lowest BCUT2D eigenvalue weighted by Crippen LogP contribution is -2.33. The van der Waals surface area contributed by atoms with E-state index in [9.17, 15) is 10.1 Å². The van der Waals surface area contributed by atoms with Crippen LogP contribution in [0.3, 0.4) is 0 Å². The Morgan fingerprint density at radius 3 is 2.88 bits per heavy atom. The predicted octanol–water partition coefficient (Wildman–Crippen LogP) is 3.81. The summed E-state index contributed by atoms with van der Waals surface area (Å²) in [5, 5.41) is 14.7. The molecule has 4 rings (SSSR count). The van der Waals surface area contributed by atoms with Gasteiger partial charge in [0.25, 0.3) is 5.69 Å². The highest BCUT2D eigenvalue weighted by molar-refractivity contribution is 7.80. The van der Waals surface area contributed by atoms with Crippen molar-refractivity contribution >= 4 is 57.3 Å². The smallest absolute Gasteiger partial charge is 0.271 e. The maximum atomic E-state index is 10.9. The summed E-state index contributed by atoms with van der Waals surface area (Å²) >= 11 is 11.6. The van der Waals surface area contributed by atoms with Crippen molar-refractivity contribution in [2.75, 3.05) is 16.8 Å². The zero-order valence-electron chi connectivity index (χ0n) is 12.8. The summed E-state index contributed by atoms with van der Waals surface area (Å²) in [5.74, 6) is 0.750. The van der Waals surface area contributed by atoms with E-state index in [1.807, 2.05) is 29.2 Å². The van der Waals surface area contributed by atoms with E-state index in [0.717, 1.165) is 23.5 Å². The number of nitro groups is 1. The fraction of sp³-hybridized carbons (Fsp3) is 0.125. The molecule has 0 radical (unpaired) electrons. The Kier molecular flexibility index (Phi) is 3.78. The van der Waals surface area contributed by atoms with Crippen molar-refractivity contribution in [1.82, 2.24) is 9.55 Å². The van der Waals surface area contributed by atoms with Gasteiger partial charge in [-0.1, -0.05) is 23.7 Å². The van der Waals surface area contributed by atoms with Gasteiger partial charge in [0.15, 0.2) is 5.11 Å². The molecule has 0 saturated carbocycles. The maximum Gasteiger partial charge on any atom is 0.271 e. The monoisotopic (exact) mass is 373 g/mol. The van der Waals surface area contributed by atoms with Gasteiger partial charge in [-0.2, -0.15) is 0 Å². The van der Waals surface area contributed by atoms with Crippen LogP contribution in [0.2, 0.25) is 5.02 Å². The van der Waals surface area contributed by atoms with Crippen molar-refractivity contribution in [1.29, 1.82) is 0 Å². The third-order valence-electron chi connectivity index (χ3n) is 4.07. The Labute approximate surface area is 153 Å². The number of halogens is 1. The number of thiocarbonyl (C=S) groups is 1. The van der Waals surface area contributed by atoms with Crippen molar-refractivity contribution in [3.05, 3.63) is 57.6 Å². The molecule has 7 nitrogen and oxygen atoms in total. The SMILES string of the molecule is O=[N+]([O-])c1ccc(Cl)c(NC(=S)N2CCn3c2nc2ccccc23)c1. The van der Waals surface area contributed by atoms with Gasteiger partial charge >= 0.3 is 0 Å². The topological polar surface area (TPSA) is 76.2 Å². The van der Waals surface area contributed by atoms with Gasteiger partial charge in [-0.3, -0.25) is 15.0 Å². The average Bonchev–Trinajstić information content (AvgIpc) is 3.15. The van der Waals surface area contributed by atoms with Crippen LogP contribution in [-0.4, -0.2) is 26.1 Å². The van der Waals surface area contributed by atoms with E-state index in [2.05, 4.69) is 14.9 Å². The van der Waals surface area contributed by atoms with Crippen molar-refractivity contribution < 1.29 is 4.92 Å². The normalized spacial score (nSPS) is 13.1. The molecule has 126 valence electrons. The number of anilines is 2. The van der Waals surface area contributed by atoms with E-state index in [-0.39, 0.29) is 5.69 Å². The second-order valence-corrected chi connectivity index (χ2v) is 6.35. The summed E-state index contributed by atoms with van der Waals surface area (Å²) < 4.78 is 2.10. The molecule has 9 heteroatoms. The molecule has 0 spiro atoms. The summed E-state index contributed by atoms with van der Waals surface area (Å²) in [7, 11) is 0. The molecular formula is C16H12ClN5O2S. The fourth-order valence-corrected chi connectivity index (χ4v) is 3.33. The molecule has 1 N–H and O–H groups in total. The van der Waals surface area contributed by atoms with Crippen LogP contribution >= 0.6 is 23.8 Å². The summed E-state index contributed by atoms with van der Waals surface area (Å²) in [6.07, 6.45) is 0. The van der Waals surface area contributed by atoms with Crippen molar-refractivity contribution in [2.24, 2.45) is 0 Å². The minimum atomic E-state index is -0.472. The van der Waals surface area contributed by atoms with Gasteiger partial charge < -0.3 is 9.88 Å². The van der Waals surface area contributed by atoms with Gasteiger partial charge in [-0.15, -0.1) is 0 Å². The van der Waals surface area contributed by atoms with Crippen LogP contribution in [0.25, 0.3) is 11.0 Å². The molecular weight excluding hydrogens is 362 g/mol. The second kappa shape index (κ2) is 5.98. The van der Waals surface area contributed by atoms with Crippen LogP contribution in [0, 0.1) is 10.1 Å². The number of nitro benzene ring substituents is 1. The Morgan fingerprint density at radius 1 is 1.28 bits per heavy atom. The lowest BCUT2D eigenvalue weighted by atomic mass is 10.3. The molecule has 25 heavy (non-hydrogen) atoms. The standard InChI is InChI=1S/C16H12ClN5O2S/c17-11-6-5-10(22(23)24)9-13(11)19-16(25)21-8-7-20-14-4-2-1-3-12(14)18-15(20)21/h1-6,9H,7-8H2,(H,19,25). The number of fused-ring (bicyclic) bond motifs is 3. The second-order valence-electron chi connectivity index (χ2n) is 5.56. The number of imidazole rings is 1. The van der Waals surface area contributed by atoms with E-state index in [1.54, 1.807) is 0 Å². The van der Waals surface area contributed by atoms with Crippen molar-refractivity contribution in [3.63, 3.8) is 0 Å². The van der Waals surface area contributed by atoms with Crippen LogP contribution in [0.5, 0.6) is 0 Å². The zero-order valence-corrected chi connectivity index (χ0v) is 14.4. The van der Waals surface area contributed by atoms with Gasteiger partial charge in [0, 0.05) is 25.2 Å². The van der Waals surface area contributed by atoms with Crippen LogP contribution in [-0.2, 0) is 6.54 Å². The van der Waals surface area contributed by atoms with Crippen LogP contribution in [0.4, 0.5) is 17.3 Å². The highest BCUT2D eigenvalue weighted by atomic mass is 35.5. The third kappa shape index (κ3) is 2.69. The highest BCUT2D eigenvalue weighted by Crippen LogP contribution is 2.30. The first-order chi connectivity index (χ1) is 12.0. The maximum absolute atomic E-state index is 10.9. The summed E-state index contributed by atoms with van der Waals surface area (Å²) in [5.41, 5.74) is 2.30. The van der Waals surface area contributed by atoms with E-state index in [4.69, 9.17) is 23.8 Å². The first kappa shape index (κ1) is 15.8. The molecule has 2 heterocycles. The highest BCUT2D eigenvalue weighted by Gasteiger charge is 2.26. The van der Waals surface area contributed by atoms with Gasteiger partial charge in [0.1, 0.15) is 0 Å². The van der Waals surface area contributed by atoms with Gasteiger partial charge in [-0.25, -0.2) is 4.98 Å². The molecule has 3 aromatic rings. The zero-order chi connectivity index (χ0) is 17.6. The number of para-hydroxylation sites is 2. The Morgan fingerprint density at radius 2 is 2.08 bits per heavy atom. The van der Waals surface area contributed by atoms with Gasteiger partial charge in [-0.05, 0) is 30.4 Å². The molecule has 2 aromatic carbocycles. The number of aromatic nitrogens is 2. The third-order valence-corrected chi connectivity index (χ3v) is 4.72.